The predicted molar refractivity (Wildman–Crippen MR) is 190 cm³/mol. The van der Waals surface area contributed by atoms with Crippen LogP contribution in [-0.2, 0) is 41.6 Å². The van der Waals surface area contributed by atoms with Crippen LogP contribution in [0.1, 0.15) is 80.3 Å². The molecule has 0 unspecified atom stereocenters. The molecule has 0 radical (unpaired) electrons. The lowest BCUT2D eigenvalue weighted by molar-refractivity contribution is -0.144. The van der Waals surface area contributed by atoms with Gasteiger partial charge in [0.05, 0.1) is 24.4 Å². The summed E-state index contributed by atoms with van der Waals surface area (Å²) in [6.45, 7) is 3.93. The standard InChI is InChI=1S/C39H50F2N4O8/c1-39(2)21-28-30(53-39)22-45(36(48)32(26-12-8-5-9-13-26)44-38(50)52-23-25-10-6-4-7-11-25)33(28)35(47)43-29(20-31(40)41)34(46)42-19-18-24-14-16-27(17-15-24)37(49)51-3/h4,6-7,10-11,14-17,26,28-33H,5,8-9,12-13,18-23H2,1-3H3,(H,42,46)(H,43,47)(H,44,50)/t28-,29-,30-,32-,33-/m0/s1. The van der Waals surface area contributed by atoms with E-state index >= 15 is 0 Å². The molecule has 288 valence electrons. The monoisotopic (exact) mass is 740 g/mol. The van der Waals surface area contributed by atoms with Crippen LogP contribution in [0.4, 0.5) is 13.6 Å². The van der Waals surface area contributed by atoms with Gasteiger partial charge in [0.15, 0.2) is 0 Å². The van der Waals surface area contributed by atoms with E-state index in [-0.39, 0.29) is 25.6 Å². The van der Waals surface area contributed by atoms with Gasteiger partial charge in [0.1, 0.15) is 24.7 Å². The van der Waals surface area contributed by atoms with Crippen molar-refractivity contribution in [3.8, 4) is 0 Å². The van der Waals surface area contributed by atoms with E-state index in [0.717, 1.165) is 30.4 Å². The Balaban J connectivity index is 1.30. The molecule has 2 aliphatic heterocycles. The molecule has 12 nitrogen and oxygen atoms in total. The van der Waals surface area contributed by atoms with Crippen molar-refractivity contribution >= 4 is 29.8 Å². The van der Waals surface area contributed by atoms with Crippen molar-refractivity contribution in [1.29, 1.82) is 0 Å². The van der Waals surface area contributed by atoms with Crippen molar-refractivity contribution in [1.82, 2.24) is 20.9 Å². The summed E-state index contributed by atoms with van der Waals surface area (Å²) in [5, 5.41) is 7.98. The third kappa shape index (κ3) is 10.5. The number of alkyl carbamates (subject to hydrolysis) is 1. The fraction of sp³-hybridized carbons (Fsp3) is 0.564. The zero-order valence-electron chi connectivity index (χ0n) is 30.5. The van der Waals surface area contributed by atoms with E-state index < -0.39 is 78.4 Å². The van der Waals surface area contributed by atoms with E-state index in [1.807, 2.05) is 44.2 Å². The molecule has 3 fully saturated rings. The summed E-state index contributed by atoms with van der Waals surface area (Å²) in [6, 6.07) is 12.0. The van der Waals surface area contributed by atoms with Crippen molar-refractivity contribution in [2.75, 3.05) is 20.2 Å². The maximum Gasteiger partial charge on any atom is 0.408 e. The number of hydrogen-bond donors (Lipinski definition) is 3. The first-order chi connectivity index (χ1) is 25.3. The third-order valence-corrected chi connectivity index (χ3v) is 10.4. The number of carbonyl (C=O) groups excluding carboxylic acids is 5. The molecule has 2 saturated heterocycles. The van der Waals surface area contributed by atoms with Crippen LogP contribution in [0.5, 0.6) is 0 Å². The van der Waals surface area contributed by atoms with Crippen LogP contribution in [0.25, 0.3) is 0 Å². The number of esters is 1. The summed E-state index contributed by atoms with van der Waals surface area (Å²) < 4.78 is 44.1. The number of ether oxygens (including phenoxy) is 3. The quantitative estimate of drug-likeness (QED) is 0.239. The second-order valence-corrected chi connectivity index (χ2v) is 14.7. The van der Waals surface area contributed by atoms with Gasteiger partial charge < -0.3 is 35.1 Å². The molecular formula is C39H50F2N4O8. The normalized spacial score (nSPS) is 22.0. The van der Waals surface area contributed by atoms with Gasteiger partial charge in [0.2, 0.25) is 24.1 Å². The number of hydrogen-bond acceptors (Lipinski definition) is 8. The highest BCUT2D eigenvalue weighted by Gasteiger charge is 2.56. The van der Waals surface area contributed by atoms with Crippen LogP contribution < -0.4 is 16.0 Å². The molecule has 53 heavy (non-hydrogen) atoms. The number of nitrogens with zero attached hydrogens (tertiary/aromatic N) is 1. The maximum atomic E-state index is 14.5. The highest BCUT2D eigenvalue weighted by molar-refractivity contribution is 5.95. The van der Waals surface area contributed by atoms with Crippen molar-refractivity contribution < 1.29 is 47.0 Å². The van der Waals surface area contributed by atoms with E-state index in [1.54, 1.807) is 24.3 Å². The summed E-state index contributed by atoms with van der Waals surface area (Å²) in [6.07, 6.45) is -0.178. The molecule has 2 heterocycles. The number of methoxy groups -OCH3 is 1. The molecule has 2 aromatic carbocycles. The van der Waals surface area contributed by atoms with Crippen LogP contribution in [0, 0.1) is 11.8 Å². The first-order valence-corrected chi connectivity index (χ1v) is 18.3. The average molecular weight is 741 g/mol. The molecule has 3 aliphatic rings. The molecular weight excluding hydrogens is 690 g/mol. The lowest BCUT2D eigenvalue weighted by atomic mass is 9.83. The second kappa shape index (κ2) is 18.0. The van der Waals surface area contributed by atoms with Crippen molar-refractivity contribution in [3.63, 3.8) is 0 Å². The van der Waals surface area contributed by atoms with Crippen molar-refractivity contribution in [2.24, 2.45) is 11.8 Å². The Bertz CT molecular complexity index is 1590. The minimum atomic E-state index is -2.90. The van der Waals surface area contributed by atoms with Gasteiger partial charge in [-0.3, -0.25) is 14.4 Å². The molecule has 5 atom stereocenters. The second-order valence-electron chi connectivity index (χ2n) is 14.7. The van der Waals surface area contributed by atoms with Gasteiger partial charge in [-0.2, -0.15) is 0 Å². The SMILES string of the molecule is COC(=O)c1ccc(CCNC(=O)[C@H](CC(F)F)NC(=O)[C@@H]2[C@H]3CC(C)(C)O[C@H]3CN2C(=O)[C@@H](NC(=O)OCc2ccccc2)C2CCCCC2)cc1. The molecule has 0 spiro atoms. The number of likely N-dealkylation sites (tertiary alicyclic amines) is 1. The number of nitrogens with one attached hydrogen (secondary N) is 3. The van der Waals surface area contributed by atoms with E-state index in [1.165, 1.54) is 12.0 Å². The maximum absolute atomic E-state index is 14.5. The first kappa shape index (κ1) is 39.6. The van der Waals surface area contributed by atoms with Gasteiger partial charge in [0, 0.05) is 25.4 Å². The largest absolute Gasteiger partial charge is 0.465 e. The molecule has 1 aliphatic carbocycles. The van der Waals surface area contributed by atoms with Gasteiger partial charge >= 0.3 is 12.1 Å². The fourth-order valence-corrected chi connectivity index (χ4v) is 7.80. The van der Waals surface area contributed by atoms with E-state index in [9.17, 15) is 32.8 Å². The topological polar surface area (TPSA) is 152 Å². The van der Waals surface area contributed by atoms with E-state index in [4.69, 9.17) is 14.2 Å². The zero-order valence-corrected chi connectivity index (χ0v) is 30.5. The van der Waals surface area contributed by atoms with Crippen molar-refractivity contribution in [2.45, 2.75) is 108 Å². The minimum Gasteiger partial charge on any atom is -0.465 e. The number of amides is 4. The highest BCUT2D eigenvalue weighted by Crippen LogP contribution is 2.43. The molecule has 1 saturated carbocycles. The molecule has 0 aromatic heterocycles. The first-order valence-electron chi connectivity index (χ1n) is 18.3. The lowest BCUT2D eigenvalue weighted by Crippen LogP contribution is -2.59. The number of carbonyl (C=O) groups is 5. The molecule has 5 rings (SSSR count). The van der Waals surface area contributed by atoms with Gasteiger partial charge in [-0.05, 0) is 68.7 Å². The molecule has 4 amide bonds. The summed E-state index contributed by atoms with van der Waals surface area (Å²) in [7, 11) is 1.28. The van der Waals surface area contributed by atoms with E-state index in [0.29, 0.717) is 31.2 Å². The minimum absolute atomic E-state index is 0.00926. The summed E-state index contributed by atoms with van der Waals surface area (Å²) in [5.41, 5.74) is 1.33. The smallest absolute Gasteiger partial charge is 0.408 e. The number of halogens is 2. The number of alkyl halides is 2. The molecule has 3 N–H and O–H groups in total. The molecule has 2 aromatic rings. The summed E-state index contributed by atoms with van der Waals surface area (Å²) >= 11 is 0. The summed E-state index contributed by atoms with van der Waals surface area (Å²) in [5.74, 6) is -3.15. The highest BCUT2D eigenvalue weighted by atomic mass is 19.3. The summed E-state index contributed by atoms with van der Waals surface area (Å²) in [4.78, 5) is 68.1. The lowest BCUT2D eigenvalue weighted by Gasteiger charge is -2.36. The molecule has 0 bridgehead atoms. The van der Waals surface area contributed by atoms with Crippen LogP contribution in [0.2, 0.25) is 0 Å². The Labute approximate surface area is 308 Å². The van der Waals surface area contributed by atoms with Gasteiger partial charge in [-0.1, -0.05) is 61.7 Å². The third-order valence-electron chi connectivity index (χ3n) is 10.4. The van der Waals surface area contributed by atoms with Crippen LogP contribution in [0.3, 0.4) is 0 Å². The number of rotatable bonds is 14. The van der Waals surface area contributed by atoms with E-state index in [2.05, 4.69) is 16.0 Å². The molecule has 14 heteroatoms. The van der Waals surface area contributed by atoms with Gasteiger partial charge in [-0.25, -0.2) is 18.4 Å². The van der Waals surface area contributed by atoms with Gasteiger partial charge in [0.25, 0.3) is 0 Å². The van der Waals surface area contributed by atoms with Gasteiger partial charge in [-0.15, -0.1) is 0 Å². The Kier molecular flexibility index (Phi) is 13.4. The number of fused-ring (bicyclic) bond motifs is 1. The van der Waals surface area contributed by atoms with Crippen LogP contribution >= 0.6 is 0 Å². The zero-order chi connectivity index (χ0) is 38.1. The predicted octanol–water partition coefficient (Wildman–Crippen LogP) is 4.54. The Morgan fingerprint density at radius 2 is 1.64 bits per heavy atom. The average Bonchev–Trinajstić information content (AvgIpc) is 3.64. The van der Waals surface area contributed by atoms with Crippen LogP contribution in [0.15, 0.2) is 54.6 Å². The number of benzene rings is 2. The Morgan fingerprint density at radius 1 is 0.943 bits per heavy atom. The Hall–Kier alpha value is -4.59. The van der Waals surface area contributed by atoms with Crippen LogP contribution in [-0.4, -0.2) is 91.1 Å². The fourth-order valence-electron chi connectivity index (χ4n) is 7.80. The Morgan fingerprint density at radius 3 is 2.30 bits per heavy atom. The van der Waals surface area contributed by atoms with Crippen molar-refractivity contribution in [3.05, 3.63) is 71.3 Å².